The maximum absolute atomic E-state index is 12.0. The Kier molecular flexibility index (Phi) is 3.87. The van der Waals surface area contributed by atoms with Gasteiger partial charge < -0.3 is 5.32 Å². The van der Waals surface area contributed by atoms with E-state index >= 15 is 0 Å². The molecule has 19 heavy (non-hydrogen) atoms. The first-order chi connectivity index (χ1) is 9.20. The van der Waals surface area contributed by atoms with Gasteiger partial charge >= 0.3 is 0 Å². The molecule has 0 spiro atoms. The highest BCUT2D eigenvalue weighted by Gasteiger charge is 2.44. The Balaban J connectivity index is 1.61. The number of rotatable bonds is 4. The van der Waals surface area contributed by atoms with Crippen molar-refractivity contribution in [2.24, 2.45) is 0 Å². The van der Waals surface area contributed by atoms with E-state index in [1.165, 1.54) is 5.56 Å². The lowest BCUT2D eigenvalue weighted by Crippen LogP contribution is -2.44. The lowest BCUT2D eigenvalue weighted by atomic mass is 9.96. The number of amides is 1. The minimum absolute atomic E-state index is 0.0108. The molecule has 102 valence electrons. The standard InChI is InChI=1S/C14H17BrN2OS/c15-11-3-1-2-10(6-11)14(4-5-14)8-16-13(18)12-7-19-9-17-12/h1-3,6,12,17H,4-5,7-9H2,(H,16,18)/t12-/m0/s1. The summed E-state index contributed by atoms with van der Waals surface area (Å²) in [6.45, 7) is 0.755. The molecule has 3 nitrogen and oxygen atoms in total. The van der Waals surface area contributed by atoms with E-state index in [0.717, 1.165) is 35.5 Å². The van der Waals surface area contributed by atoms with Crippen molar-refractivity contribution in [1.82, 2.24) is 10.6 Å². The molecule has 1 saturated carbocycles. The second-order valence-electron chi connectivity index (χ2n) is 5.28. The van der Waals surface area contributed by atoms with Gasteiger partial charge in [-0.25, -0.2) is 0 Å². The number of thioether (sulfide) groups is 1. The first-order valence-electron chi connectivity index (χ1n) is 6.55. The van der Waals surface area contributed by atoms with E-state index < -0.39 is 0 Å². The number of halogens is 1. The lowest BCUT2D eigenvalue weighted by Gasteiger charge is -2.18. The van der Waals surface area contributed by atoms with Gasteiger partial charge in [0.2, 0.25) is 5.91 Å². The van der Waals surface area contributed by atoms with Gasteiger partial charge in [-0.2, -0.15) is 0 Å². The first-order valence-corrected chi connectivity index (χ1v) is 8.49. The quantitative estimate of drug-likeness (QED) is 0.883. The van der Waals surface area contributed by atoms with Crippen molar-refractivity contribution in [3.8, 4) is 0 Å². The van der Waals surface area contributed by atoms with E-state index in [2.05, 4.69) is 44.8 Å². The third-order valence-corrected chi connectivity index (χ3v) is 5.36. The van der Waals surface area contributed by atoms with Crippen LogP contribution in [0.3, 0.4) is 0 Å². The van der Waals surface area contributed by atoms with E-state index in [4.69, 9.17) is 0 Å². The van der Waals surface area contributed by atoms with E-state index in [1.807, 2.05) is 6.07 Å². The van der Waals surface area contributed by atoms with Crippen LogP contribution in [-0.2, 0) is 10.2 Å². The number of hydrogen-bond acceptors (Lipinski definition) is 3. The Morgan fingerprint density at radius 3 is 3.00 bits per heavy atom. The Hall–Kier alpha value is -0.520. The molecule has 1 heterocycles. The average molecular weight is 341 g/mol. The summed E-state index contributed by atoms with van der Waals surface area (Å²) in [7, 11) is 0. The minimum Gasteiger partial charge on any atom is -0.354 e. The highest BCUT2D eigenvalue weighted by molar-refractivity contribution is 9.10. The van der Waals surface area contributed by atoms with Crippen LogP contribution in [-0.4, -0.2) is 30.1 Å². The predicted octanol–water partition coefficient (Wildman–Crippen LogP) is 2.26. The van der Waals surface area contributed by atoms with Crippen LogP contribution in [0.4, 0.5) is 0 Å². The molecule has 1 aliphatic heterocycles. The van der Waals surface area contributed by atoms with Crippen molar-refractivity contribution in [3.05, 3.63) is 34.3 Å². The van der Waals surface area contributed by atoms with Gasteiger partial charge in [-0.3, -0.25) is 10.1 Å². The van der Waals surface area contributed by atoms with E-state index in [9.17, 15) is 4.79 Å². The van der Waals surface area contributed by atoms with Crippen LogP contribution in [0.2, 0.25) is 0 Å². The maximum Gasteiger partial charge on any atom is 0.238 e. The summed E-state index contributed by atoms with van der Waals surface area (Å²) in [5.74, 6) is 1.91. The summed E-state index contributed by atoms with van der Waals surface area (Å²) in [6, 6.07) is 8.42. The van der Waals surface area contributed by atoms with Crippen molar-refractivity contribution in [2.75, 3.05) is 18.2 Å². The van der Waals surface area contributed by atoms with Gasteiger partial charge in [-0.15, -0.1) is 11.8 Å². The zero-order chi connectivity index (χ0) is 13.3. The van der Waals surface area contributed by atoms with Crippen molar-refractivity contribution in [2.45, 2.75) is 24.3 Å². The third kappa shape index (κ3) is 2.98. The summed E-state index contributed by atoms with van der Waals surface area (Å²) in [5.41, 5.74) is 1.50. The molecule has 2 aliphatic rings. The number of benzene rings is 1. The summed E-state index contributed by atoms with van der Waals surface area (Å²) in [4.78, 5) is 12.0. The van der Waals surface area contributed by atoms with Gasteiger partial charge in [0.1, 0.15) is 0 Å². The van der Waals surface area contributed by atoms with Crippen molar-refractivity contribution < 1.29 is 4.79 Å². The van der Waals surface area contributed by atoms with E-state index in [0.29, 0.717) is 0 Å². The average Bonchev–Trinajstić information content (AvgIpc) is 3.00. The molecule has 5 heteroatoms. The second-order valence-corrected chi connectivity index (χ2v) is 7.23. The fourth-order valence-corrected chi connectivity index (χ4v) is 3.82. The van der Waals surface area contributed by atoms with Crippen molar-refractivity contribution in [3.63, 3.8) is 0 Å². The van der Waals surface area contributed by atoms with E-state index in [1.54, 1.807) is 11.8 Å². The SMILES string of the molecule is O=C(NCC1(c2cccc(Br)c2)CC1)[C@@H]1CSCN1. The summed E-state index contributed by atoms with van der Waals surface area (Å²) in [5, 5.41) is 6.32. The monoisotopic (exact) mass is 340 g/mol. The molecule has 1 aliphatic carbocycles. The maximum atomic E-state index is 12.0. The molecular formula is C14H17BrN2OS. The van der Waals surface area contributed by atoms with Crippen LogP contribution in [0.25, 0.3) is 0 Å². The Bertz CT molecular complexity index is 484. The van der Waals surface area contributed by atoms with Crippen LogP contribution >= 0.6 is 27.7 Å². The highest BCUT2D eigenvalue weighted by atomic mass is 79.9. The Morgan fingerprint density at radius 2 is 2.37 bits per heavy atom. The van der Waals surface area contributed by atoms with Gasteiger partial charge in [-0.1, -0.05) is 28.1 Å². The summed E-state index contributed by atoms with van der Waals surface area (Å²) >= 11 is 5.30. The molecule has 1 amide bonds. The first kappa shape index (κ1) is 13.5. The van der Waals surface area contributed by atoms with Gasteiger partial charge in [0, 0.05) is 28.1 Å². The number of hydrogen-bond donors (Lipinski definition) is 2. The second kappa shape index (κ2) is 5.46. The molecular weight excluding hydrogens is 324 g/mol. The number of nitrogens with one attached hydrogen (secondary N) is 2. The third-order valence-electron chi connectivity index (χ3n) is 3.92. The highest BCUT2D eigenvalue weighted by Crippen LogP contribution is 2.48. The number of carbonyl (C=O) groups excluding carboxylic acids is 1. The van der Waals surface area contributed by atoms with Crippen molar-refractivity contribution in [1.29, 1.82) is 0 Å². The number of carbonyl (C=O) groups is 1. The summed E-state index contributed by atoms with van der Waals surface area (Å²) in [6.07, 6.45) is 2.33. The molecule has 0 bridgehead atoms. The molecule has 0 unspecified atom stereocenters. The minimum atomic E-state index is -0.0108. The zero-order valence-corrected chi connectivity index (χ0v) is 13.0. The Labute approximate surface area is 126 Å². The van der Waals surface area contributed by atoms with Crippen LogP contribution < -0.4 is 10.6 Å². The molecule has 1 aromatic carbocycles. The molecule has 3 rings (SSSR count). The molecule has 2 fully saturated rings. The lowest BCUT2D eigenvalue weighted by molar-refractivity contribution is -0.122. The summed E-state index contributed by atoms with van der Waals surface area (Å²) < 4.78 is 1.11. The zero-order valence-electron chi connectivity index (χ0n) is 10.6. The molecule has 1 saturated heterocycles. The topological polar surface area (TPSA) is 41.1 Å². The van der Waals surface area contributed by atoms with Gasteiger partial charge in [0.15, 0.2) is 0 Å². The van der Waals surface area contributed by atoms with Crippen LogP contribution in [0.15, 0.2) is 28.7 Å². The van der Waals surface area contributed by atoms with Gasteiger partial charge in [-0.05, 0) is 30.5 Å². The molecule has 0 radical (unpaired) electrons. The predicted molar refractivity (Wildman–Crippen MR) is 82.3 cm³/mol. The molecule has 1 aromatic rings. The molecule has 1 atom stereocenters. The normalized spacial score (nSPS) is 24.2. The molecule has 0 aromatic heterocycles. The largest absolute Gasteiger partial charge is 0.354 e. The van der Waals surface area contributed by atoms with Crippen LogP contribution in [0.5, 0.6) is 0 Å². The molecule has 2 N–H and O–H groups in total. The fourth-order valence-electron chi connectivity index (χ4n) is 2.48. The van der Waals surface area contributed by atoms with Crippen LogP contribution in [0, 0.1) is 0 Å². The van der Waals surface area contributed by atoms with Crippen LogP contribution in [0.1, 0.15) is 18.4 Å². The van der Waals surface area contributed by atoms with E-state index in [-0.39, 0.29) is 17.4 Å². The smallest absolute Gasteiger partial charge is 0.238 e. The fraction of sp³-hybridized carbons (Fsp3) is 0.500. The van der Waals surface area contributed by atoms with Gasteiger partial charge in [0.05, 0.1) is 6.04 Å². The Morgan fingerprint density at radius 1 is 1.53 bits per heavy atom. The van der Waals surface area contributed by atoms with Gasteiger partial charge in [0.25, 0.3) is 0 Å². The van der Waals surface area contributed by atoms with Crippen molar-refractivity contribution >= 4 is 33.6 Å².